The fourth-order valence-corrected chi connectivity index (χ4v) is 4.53. The number of aromatic carboxylic acids is 1. The highest BCUT2D eigenvalue weighted by atomic mass is 32.2. The van der Waals surface area contributed by atoms with Gasteiger partial charge in [0, 0.05) is 10.6 Å². The maximum atomic E-state index is 12.7. The van der Waals surface area contributed by atoms with E-state index in [1.165, 1.54) is 0 Å². The molecule has 1 saturated carbocycles. The van der Waals surface area contributed by atoms with E-state index in [1.807, 2.05) is 13.0 Å². The van der Waals surface area contributed by atoms with Gasteiger partial charge >= 0.3 is 5.97 Å². The molecule has 3 nitrogen and oxygen atoms in total. The van der Waals surface area contributed by atoms with E-state index in [9.17, 15) is 14.1 Å². The molecule has 0 radical (unpaired) electrons. The van der Waals surface area contributed by atoms with E-state index < -0.39 is 16.8 Å². The number of benzene rings is 1. The van der Waals surface area contributed by atoms with Gasteiger partial charge in [-0.3, -0.25) is 4.21 Å². The molecule has 0 amide bonds. The van der Waals surface area contributed by atoms with Crippen LogP contribution in [0.5, 0.6) is 0 Å². The van der Waals surface area contributed by atoms with Gasteiger partial charge in [0.15, 0.2) is 0 Å². The second-order valence-corrected chi connectivity index (χ2v) is 7.21. The van der Waals surface area contributed by atoms with Gasteiger partial charge in [0.25, 0.3) is 0 Å². The summed E-state index contributed by atoms with van der Waals surface area (Å²) in [6.45, 7) is 6.06. The summed E-state index contributed by atoms with van der Waals surface area (Å²) in [5.74, 6) is 0.563. The Morgan fingerprint density at radius 3 is 2.50 bits per heavy atom. The number of hydrogen-bond acceptors (Lipinski definition) is 2. The van der Waals surface area contributed by atoms with Crippen molar-refractivity contribution in [1.82, 2.24) is 0 Å². The van der Waals surface area contributed by atoms with Crippen molar-refractivity contribution in [2.75, 3.05) is 5.75 Å². The van der Waals surface area contributed by atoms with E-state index in [1.54, 1.807) is 6.07 Å². The minimum atomic E-state index is -1.08. The molecule has 0 aliphatic heterocycles. The van der Waals surface area contributed by atoms with Crippen molar-refractivity contribution in [1.29, 1.82) is 0 Å². The number of carboxylic acids is 1. The van der Waals surface area contributed by atoms with Crippen LogP contribution in [0.25, 0.3) is 0 Å². The molecule has 1 aliphatic rings. The van der Waals surface area contributed by atoms with Gasteiger partial charge in [-0.05, 0) is 48.3 Å². The number of carboxylic acid groups (broad SMARTS) is 1. The van der Waals surface area contributed by atoms with Gasteiger partial charge in [-0.25, -0.2) is 4.79 Å². The van der Waals surface area contributed by atoms with Crippen molar-refractivity contribution in [3.8, 4) is 0 Å². The maximum absolute atomic E-state index is 12.7. The predicted molar refractivity (Wildman–Crippen MR) is 80.9 cm³/mol. The van der Waals surface area contributed by atoms with E-state index in [2.05, 4.69) is 13.8 Å². The molecule has 1 fully saturated rings. The lowest BCUT2D eigenvalue weighted by Crippen LogP contribution is -2.12. The normalized spacial score (nSPS) is 16.4. The largest absolute Gasteiger partial charge is 0.478 e. The van der Waals surface area contributed by atoms with E-state index in [-0.39, 0.29) is 5.92 Å². The fourth-order valence-electron chi connectivity index (χ4n) is 2.50. The quantitative estimate of drug-likeness (QED) is 0.872. The third-order valence-electron chi connectivity index (χ3n) is 3.81. The highest BCUT2D eigenvalue weighted by molar-refractivity contribution is 7.85. The van der Waals surface area contributed by atoms with Gasteiger partial charge in [0.2, 0.25) is 0 Å². The van der Waals surface area contributed by atoms with Crippen molar-refractivity contribution in [2.45, 2.75) is 50.8 Å². The first-order valence-corrected chi connectivity index (χ1v) is 8.55. The average Bonchev–Trinajstić information content (AvgIpc) is 3.20. The first-order valence-electron chi connectivity index (χ1n) is 7.23. The van der Waals surface area contributed by atoms with Gasteiger partial charge in [-0.2, -0.15) is 0 Å². The molecule has 0 saturated heterocycles. The van der Waals surface area contributed by atoms with Crippen molar-refractivity contribution in [3.05, 3.63) is 28.8 Å². The molecule has 1 aromatic rings. The number of rotatable bonds is 6. The van der Waals surface area contributed by atoms with Gasteiger partial charge in [0.1, 0.15) is 0 Å². The third-order valence-corrected chi connectivity index (χ3v) is 5.52. The first-order chi connectivity index (χ1) is 9.45. The van der Waals surface area contributed by atoms with E-state index in [4.69, 9.17) is 0 Å². The van der Waals surface area contributed by atoms with Crippen molar-refractivity contribution >= 4 is 16.8 Å². The number of carbonyl (C=O) groups is 1. The Kier molecular flexibility index (Phi) is 4.63. The van der Waals surface area contributed by atoms with Crippen molar-refractivity contribution < 1.29 is 14.1 Å². The van der Waals surface area contributed by atoms with Crippen LogP contribution >= 0.6 is 0 Å². The molecule has 4 heteroatoms. The molecule has 0 aromatic heterocycles. The Hall–Kier alpha value is -1.16. The Bertz CT molecular complexity index is 545. The molecule has 1 aliphatic carbocycles. The molecule has 1 aromatic carbocycles. The molecule has 0 bridgehead atoms. The Labute approximate surface area is 122 Å². The molecular formula is C16H22O3S. The standard InChI is InChI=1S/C16H22O3S/c1-4-12-14(16(17)18)8-7-13(10(2)3)15(12)20(19)9-11-5-6-11/h7-8,10-11H,4-6,9H2,1-3H3,(H,17,18)/t20-/m0/s1. The van der Waals surface area contributed by atoms with Crippen LogP contribution in [0.4, 0.5) is 0 Å². The fraction of sp³-hybridized carbons (Fsp3) is 0.562. The summed E-state index contributed by atoms with van der Waals surface area (Å²) in [4.78, 5) is 12.2. The summed E-state index contributed by atoms with van der Waals surface area (Å²) >= 11 is 0. The lowest BCUT2D eigenvalue weighted by atomic mass is 9.96. The molecule has 0 unspecified atom stereocenters. The Morgan fingerprint density at radius 1 is 1.40 bits per heavy atom. The topological polar surface area (TPSA) is 54.4 Å². The summed E-state index contributed by atoms with van der Waals surface area (Å²) in [7, 11) is -1.08. The van der Waals surface area contributed by atoms with E-state index in [0.717, 1.165) is 28.9 Å². The molecule has 0 spiro atoms. The second-order valence-electron chi connectivity index (χ2n) is 5.78. The minimum absolute atomic E-state index is 0.251. The van der Waals surface area contributed by atoms with Crippen LogP contribution in [0.1, 0.15) is 61.0 Å². The van der Waals surface area contributed by atoms with Gasteiger partial charge in [-0.1, -0.05) is 26.8 Å². The average molecular weight is 294 g/mol. The molecule has 20 heavy (non-hydrogen) atoms. The van der Waals surface area contributed by atoms with Gasteiger partial charge in [-0.15, -0.1) is 0 Å². The van der Waals surface area contributed by atoms with Crippen LogP contribution in [-0.4, -0.2) is 21.0 Å². The summed E-state index contributed by atoms with van der Waals surface area (Å²) < 4.78 is 12.7. The number of hydrogen-bond donors (Lipinski definition) is 1. The molecule has 110 valence electrons. The van der Waals surface area contributed by atoms with Crippen LogP contribution in [0.2, 0.25) is 0 Å². The van der Waals surface area contributed by atoms with Crippen LogP contribution in [0.15, 0.2) is 17.0 Å². The zero-order chi connectivity index (χ0) is 14.9. The summed E-state index contributed by atoms with van der Waals surface area (Å²) in [6.07, 6.45) is 2.92. The van der Waals surface area contributed by atoms with Crippen molar-refractivity contribution in [3.63, 3.8) is 0 Å². The molecule has 0 heterocycles. The highest BCUT2D eigenvalue weighted by Gasteiger charge is 2.28. The SMILES string of the molecule is CCc1c(C(=O)O)ccc(C(C)C)c1[S@@](=O)CC1CC1. The molecule has 2 rings (SSSR count). The molecule has 1 atom stereocenters. The lowest BCUT2D eigenvalue weighted by Gasteiger charge is -2.18. The predicted octanol–water partition coefficient (Wildman–Crippen LogP) is 3.59. The van der Waals surface area contributed by atoms with Crippen LogP contribution in [0, 0.1) is 5.92 Å². The lowest BCUT2D eigenvalue weighted by molar-refractivity contribution is 0.0695. The zero-order valence-corrected chi connectivity index (χ0v) is 13.1. The highest BCUT2D eigenvalue weighted by Crippen LogP contribution is 2.35. The van der Waals surface area contributed by atoms with Gasteiger partial charge < -0.3 is 5.11 Å². The summed E-state index contributed by atoms with van der Waals surface area (Å²) in [5, 5.41) is 9.33. The second kappa shape index (κ2) is 6.08. The van der Waals surface area contributed by atoms with Gasteiger partial charge in [0.05, 0.1) is 16.4 Å². The maximum Gasteiger partial charge on any atom is 0.336 e. The minimum Gasteiger partial charge on any atom is -0.478 e. The van der Waals surface area contributed by atoms with Crippen LogP contribution in [-0.2, 0) is 17.2 Å². The van der Waals surface area contributed by atoms with Crippen LogP contribution in [0.3, 0.4) is 0 Å². The summed E-state index contributed by atoms with van der Waals surface area (Å²) in [6, 6.07) is 3.50. The summed E-state index contributed by atoms with van der Waals surface area (Å²) in [5.41, 5.74) is 2.09. The first kappa shape index (κ1) is 15.2. The molecular weight excluding hydrogens is 272 g/mol. The van der Waals surface area contributed by atoms with Crippen molar-refractivity contribution in [2.24, 2.45) is 5.92 Å². The monoisotopic (exact) mass is 294 g/mol. The molecule has 1 N–H and O–H groups in total. The Balaban J connectivity index is 2.54. The smallest absolute Gasteiger partial charge is 0.336 e. The third kappa shape index (κ3) is 3.11. The van der Waals surface area contributed by atoms with E-state index >= 15 is 0 Å². The Morgan fingerprint density at radius 2 is 2.05 bits per heavy atom. The van der Waals surface area contributed by atoms with E-state index in [0.29, 0.717) is 23.7 Å². The van der Waals surface area contributed by atoms with Crippen LogP contribution < -0.4 is 0 Å². The zero-order valence-electron chi connectivity index (χ0n) is 12.3.